The Bertz CT molecular complexity index is 971. The van der Waals surface area contributed by atoms with Crippen LogP contribution < -0.4 is 10.5 Å². The number of rotatable bonds is 3. The zero-order valence-corrected chi connectivity index (χ0v) is 15.3. The Hall–Kier alpha value is -3.21. The molecule has 2 heterocycles. The fraction of sp³-hybridized carbons (Fsp3) is 0.368. The number of hydrogen-bond donors (Lipinski definition) is 0. The van der Waals surface area contributed by atoms with Gasteiger partial charge in [-0.3, -0.25) is 9.59 Å². The van der Waals surface area contributed by atoms with Crippen LogP contribution in [0.5, 0.6) is 0 Å². The van der Waals surface area contributed by atoms with E-state index in [1.165, 1.54) is 6.07 Å². The molecular formula is C19H20FN5O2. The van der Waals surface area contributed by atoms with Crippen molar-refractivity contribution in [2.24, 2.45) is 0 Å². The van der Waals surface area contributed by atoms with Crippen LogP contribution in [0.4, 0.5) is 10.1 Å². The summed E-state index contributed by atoms with van der Waals surface area (Å²) < 4.78 is 15.0. The summed E-state index contributed by atoms with van der Waals surface area (Å²) in [5, 5.41) is 13.3. The summed E-state index contributed by atoms with van der Waals surface area (Å²) in [7, 11) is 0. The van der Waals surface area contributed by atoms with Crippen molar-refractivity contribution in [2.75, 3.05) is 31.1 Å². The van der Waals surface area contributed by atoms with Gasteiger partial charge in [0.2, 0.25) is 5.91 Å². The van der Waals surface area contributed by atoms with E-state index in [1.54, 1.807) is 36.9 Å². The molecule has 1 saturated heterocycles. The molecule has 0 spiro atoms. The van der Waals surface area contributed by atoms with E-state index in [1.807, 2.05) is 11.0 Å². The third-order valence-corrected chi connectivity index (χ3v) is 4.86. The summed E-state index contributed by atoms with van der Waals surface area (Å²) in [5.41, 5.74) is 1.06. The lowest BCUT2D eigenvalue weighted by molar-refractivity contribution is -0.132. The smallest absolute Gasteiger partial charge is 0.285 e. The molecule has 1 fully saturated rings. The SMILES string of the molecule is Cc1nn(CC(=O)N2CCN(c3ccccc3F)CC2)c(=O)c(C#N)c1C. The van der Waals surface area contributed by atoms with Crippen LogP contribution in [-0.2, 0) is 11.3 Å². The number of aryl methyl sites for hydroxylation is 1. The maximum absolute atomic E-state index is 13.9. The molecular weight excluding hydrogens is 349 g/mol. The maximum Gasteiger partial charge on any atom is 0.285 e. The quantitative estimate of drug-likeness (QED) is 0.812. The van der Waals surface area contributed by atoms with Gasteiger partial charge in [-0.25, -0.2) is 9.07 Å². The molecule has 7 nitrogen and oxygen atoms in total. The monoisotopic (exact) mass is 369 g/mol. The lowest BCUT2D eigenvalue weighted by atomic mass is 10.1. The van der Waals surface area contributed by atoms with Crippen LogP contribution in [0.2, 0.25) is 0 Å². The summed E-state index contributed by atoms with van der Waals surface area (Å²) in [6.45, 7) is 5.01. The normalized spacial score (nSPS) is 14.1. The fourth-order valence-electron chi connectivity index (χ4n) is 3.14. The number of hydrogen-bond acceptors (Lipinski definition) is 5. The molecule has 1 aliphatic heterocycles. The minimum absolute atomic E-state index is 0.0136. The van der Waals surface area contributed by atoms with Gasteiger partial charge in [-0.05, 0) is 31.5 Å². The number of amides is 1. The highest BCUT2D eigenvalue weighted by molar-refractivity contribution is 5.76. The van der Waals surface area contributed by atoms with Gasteiger partial charge in [-0.15, -0.1) is 0 Å². The Morgan fingerprint density at radius 3 is 2.52 bits per heavy atom. The van der Waals surface area contributed by atoms with Gasteiger partial charge in [-0.1, -0.05) is 12.1 Å². The van der Waals surface area contributed by atoms with Crippen molar-refractivity contribution in [2.45, 2.75) is 20.4 Å². The largest absolute Gasteiger partial charge is 0.366 e. The molecule has 1 aromatic heterocycles. The van der Waals surface area contributed by atoms with Crippen molar-refractivity contribution in [3.8, 4) is 6.07 Å². The molecule has 3 rings (SSSR count). The van der Waals surface area contributed by atoms with Gasteiger partial charge in [0.15, 0.2) is 0 Å². The van der Waals surface area contributed by atoms with Crippen LogP contribution in [0.3, 0.4) is 0 Å². The van der Waals surface area contributed by atoms with Crippen molar-refractivity contribution >= 4 is 11.6 Å². The highest BCUT2D eigenvalue weighted by Gasteiger charge is 2.24. The standard InChI is InChI=1S/C19H20FN5O2/c1-13-14(2)22-25(19(27)15(13)11-21)12-18(26)24-9-7-23(8-10-24)17-6-4-3-5-16(17)20/h3-6H,7-10,12H2,1-2H3. The molecule has 1 aromatic carbocycles. The van der Waals surface area contributed by atoms with Crippen molar-refractivity contribution < 1.29 is 9.18 Å². The predicted octanol–water partition coefficient (Wildman–Crippen LogP) is 1.22. The molecule has 0 N–H and O–H groups in total. The van der Waals surface area contributed by atoms with Gasteiger partial charge in [0, 0.05) is 26.2 Å². The zero-order valence-electron chi connectivity index (χ0n) is 15.3. The predicted molar refractivity (Wildman–Crippen MR) is 97.9 cm³/mol. The van der Waals surface area contributed by atoms with Gasteiger partial charge in [0.1, 0.15) is 24.0 Å². The summed E-state index contributed by atoms with van der Waals surface area (Å²) >= 11 is 0. The third-order valence-electron chi connectivity index (χ3n) is 4.86. The topological polar surface area (TPSA) is 82.2 Å². The fourth-order valence-corrected chi connectivity index (χ4v) is 3.14. The molecule has 1 aliphatic rings. The van der Waals surface area contributed by atoms with E-state index in [-0.39, 0.29) is 23.8 Å². The lowest BCUT2D eigenvalue weighted by Gasteiger charge is -2.36. The van der Waals surface area contributed by atoms with E-state index in [4.69, 9.17) is 5.26 Å². The Morgan fingerprint density at radius 1 is 1.22 bits per heavy atom. The summed E-state index contributed by atoms with van der Waals surface area (Å²) in [6, 6.07) is 8.44. The van der Waals surface area contributed by atoms with E-state index in [2.05, 4.69) is 5.10 Å². The van der Waals surface area contributed by atoms with Gasteiger partial charge in [0.05, 0.1) is 11.4 Å². The van der Waals surface area contributed by atoms with E-state index in [0.717, 1.165) is 4.68 Å². The molecule has 140 valence electrons. The van der Waals surface area contributed by atoms with Crippen LogP contribution in [-0.4, -0.2) is 46.8 Å². The molecule has 0 saturated carbocycles. The molecule has 0 aliphatic carbocycles. The second-order valence-corrected chi connectivity index (χ2v) is 6.48. The first-order chi connectivity index (χ1) is 12.9. The van der Waals surface area contributed by atoms with Crippen molar-refractivity contribution in [3.05, 3.63) is 57.3 Å². The van der Waals surface area contributed by atoms with E-state index in [9.17, 15) is 14.0 Å². The molecule has 0 unspecified atom stereocenters. The number of para-hydroxylation sites is 1. The second kappa shape index (κ2) is 7.58. The number of carbonyl (C=O) groups excluding carboxylic acids is 1. The van der Waals surface area contributed by atoms with E-state index >= 15 is 0 Å². The van der Waals surface area contributed by atoms with Crippen molar-refractivity contribution in [1.29, 1.82) is 5.26 Å². The minimum atomic E-state index is -0.557. The number of halogens is 1. The molecule has 8 heteroatoms. The molecule has 0 atom stereocenters. The number of aromatic nitrogens is 2. The van der Waals surface area contributed by atoms with Crippen LogP contribution in [0, 0.1) is 31.0 Å². The Kier molecular flexibility index (Phi) is 5.21. The van der Waals surface area contributed by atoms with E-state index in [0.29, 0.717) is 43.1 Å². The minimum Gasteiger partial charge on any atom is -0.366 e. The van der Waals surface area contributed by atoms with Gasteiger partial charge in [0.25, 0.3) is 5.56 Å². The Morgan fingerprint density at radius 2 is 1.89 bits per heavy atom. The average Bonchev–Trinajstić information content (AvgIpc) is 2.67. The van der Waals surface area contributed by atoms with Crippen molar-refractivity contribution in [1.82, 2.24) is 14.7 Å². The third kappa shape index (κ3) is 3.67. The molecule has 27 heavy (non-hydrogen) atoms. The highest BCUT2D eigenvalue weighted by Crippen LogP contribution is 2.20. The Labute approximate surface area is 156 Å². The maximum atomic E-state index is 13.9. The zero-order chi connectivity index (χ0) is 19.6. The van der Waals surface area contributed by atoms with Crippen molar-refractivity contribution in [3.63, 3.8) is 0 Å². The number of piperazine rings is 1. The highest BCUT2D eigenvalue weighted by atomic mass is 19.1. The second-order valence-electron chi connectivity index (χ2n) is 6.48. The number of benzene rings is 1. The summed E-state index contributed by atoms with van der Waals surface area (Å²) in [6.07, 6.45) is 0. The average molecular weight is 369 g/mol. The first-order valence-electron chi connectivity index (χ1n) is 8.68. The molecule has 1 amide bonds. The van der Waals surface area contributed by atoms with Gasteiger partial charge >= 0.3 is 0 Å². The van der Waals surface area contributed by atoms with Crippen LogP contribution in [0.25, 0.3) is 0 Å². The number of nitrogens with zero attached hydrogens (tertiary/aromatic N) is 5. The van der Waals surface area contributed by atoms with E-state index < -0.39 is 5.56 Å². The van der Waals surface area contributed by atoms with Gasteiger partial charge < -0.3 is 9.80 Å². The summed E-state index contributed by atoms with van der Waals surface area (Å²) in [5.74, 6) is -0.530. The number of carbonyl (C=O) groups is 1. The lowest BCUT2D eigenvalue weighted by Crippen LogP contribution is -2.50. The molecule has 0 bridgehead atoms. The first kappa shape index (κ1) is 18.6. The van der Waals surface area contributed by atoms with Crippen LogP contribution in [0.1, 0.15) is 16.8 Å². The summed E-state index contributed by atoms with van der Waals surface area (Å²) in [4.78, 5) is 28.4. The molecule has 0 radical (unpaired) electrons. The molecule has 2 aromatic rings. The van der Waals surface area contributed by atoms with Crippen LogP contribution in [0.15, 0.2) is 29.1 Å². The number of nitriles is 1. The van der Waals surface area contributed by atoms with Crippen LogP contribution >= 0.6 is 0 Å². The number of anilines is 1. The van der Waals surface area contributed by atoms with Gasteiger partial charge in [-0.2, -0.15) is 10.4 Å². The first-order valence-corrected chi connectivity index (χ1v) is 8.68. The Balaban J connectivity index is 1.69.